The highest BCUT2D eigenvalue weighted by Crippen LogP contribution is 2.27. The van der Waals surface area contributed by atoms with Crippen LogP contribution in [-0.4, -0.2) is 13.2 Å². The zero-order chi connectivity index (χ0) is 12.1. The van der Waals surface area contributed by atoms with Crippen molar-refractivity contribution >= 4 is 0 Å². The SMILES string of the molecule is CCCCOc1ccc([C@H]2C[C@H](C)CN2)cc1. The largest absolute Gasteiger partial charge is 0.494 e. The van der Waals surface area contributed by atoms with Crippen LogP contribution in [0, 0.1) is 5.92 Å². The third-order valence-corrected chi connectivity index (χ3v) is 3.40. The molecule has 1 aromatic rings. The summed E-state index contributed by atoms with van der Waals surface area (Å²) >= 11 is 0. The van der Waals surface area contributed by atoms with Crippen molar-refractivity contribution in [2.75, 3.05) is 13.2 Å². The summed E-state index contributed by atoms with van der Waals surface area (Å²) in [4.78, 5) is 0. The van der Waals surface area contributed by atoms with Gasteiger partial charge in [0.1, 0.15) is 5.75 Å². The number of unbranched alkanes of at least 4 members (excludes halogenated alkanes) is 1. The van der Waals surface area contributed by atoms with E-state index in [1.807, 2.05) is 0 Å². The fraction of sp³-hybridized carbons (Fsp3) is 0.600. The van der Waals surface area contributed by atoms with Gasteiger partial charge in [-0.05, 0) is 43.0 Å². The molecule has 0 aromatic heterocycles. The van der Waals surface area contributed by atoms with Crippen molar-refractivity contribution in [3.05, 3.63) is 29.8 Å². The molecule has 1 fully saturated rings. The van der Waals surface area contributed by atoms with Gasteiger partial charge in [0.25, 0.3) is 0 Å². The topological polar surface area (TPSA) is 21.3 Å². The number of nitrogens with one attached hydrogen (secondary N) is 1. The Bertz CT molecular complexity index is 333. The van der Waals surface area contributed by atoms with E-state index in [0.717, 1.165) is 31.2 Å². The summed E-state index contributed by atoms with van der Waals surface area (Å²) in [5.74, 6) is 1.79. The van der Waals surface area contributed by atoms with Crippen LogP contribution in [-0.2, 0) is 0 Å². The third kappa shape index (κ3) is 3.47. The Morgan fingerprint density at radius 2 is 2.06 bits per heavy atom. The molecule has 2 heteroatoms. The first kappa shape index (κ1) is 12.4. The lowest BCUT2D eigenvalue weighted by Gasteiger charge is -2.12. The molecule has 1 aliphatic rings. The molecule has 2 nitrogen and oxygen atoms in total. The molecule has 1 saturated heterocycles. The van der Waals surface area contributed by atoms with Crippen molar-refractivity contribution in [3.63, 3.8) is 0 Å². The molecule has 0 unspecified atom stereocenters. The Labute approximate surface area is 104 Å². The van der Waals surface area contributed by atoms with Crippen molar-refractivity contribution in [1.29, 1.82) is 0 Å². The van der Waals surface area contributed by atoms with Gasteiger partial charge in [0.15, 0.2) is 0 Å². The first-order valence-corrected chi connectivity index (χ1v) is 6.75. The molecule has 1 aliphatic heterocycles. The average Bonchev–Trinajstić information content (AvgIpc) is 2.77. The highest BCUT2D eigenvalue weighted by molar-refractivity contribution is 5.29. The lowest BCUT2D eigenvalue weighted by atomic mass is 10.0. The van der Waals surface area contributed by atoms with Gasteiger partial charge in [0.2, 0.25) is 0 Å². The average molecular weight is 233 g/mol. The molecule has 2 rings (SSSR count). The Hall–Kier alpha value is -1.02. The van der Waals surface area contributed by atoms with Gasteiger partial charge >= 0.3 is 0 Å². The van der Waals surface area contributed by atoms with Crippen LogP contribution in [0.2, 0.25) is 0 Å². The summed E-state index contributed by atoms with van der Waals surface area (Å²) in [6.07, 6.45) is 3.56. The molecule has 0 bridgehead atoms. The van der Waals surface area contributed by atoms with Gasteiger partial charge in [-0.25, -0.2) is 0 Å². The van der Waals surface area contributed by atoms with Crippen LogP contribution in [0.1, 0.15) is 44.7 Å². The second-order valence-corrected chi connectivity index (χ2v) is 5.07. The van der Waals surface area contributed by atoms with Gasteiger partial charge in [-0.1, -0.05) is 32.4 Å². The highest BCUT2D eigenvalue weighted by Gasteiger charge is 2.21. The second-order valence-electron chi connectivity index (χ2n) is 5.07. The van der Waals surface area contributed by atoms with Crippen molar-refractivity contribution in [1.82, 2.24) is 5.32 Å². The fourth-order valence-corrected chi connectivity index (χ4v) is 2.30. The summed E-state index contributed by atoms with van der Waals surface area (Å²) in [6.45, 7) is 6.45. The lowest BCUT2D eigenvalue weighted by molar-refractivity contribution is 0.309. The summed E-state index contributed by atoms with van der Waals surface area (Å²) in [5.41, 5.74) is 1.39. The maximum Gasteiger partial charge on any atom is 0.119 e. The van der Waals surface area contributed by atoms with Crippen LogP contribution < -0.4 is 10.1 Å². The molecule has 0 saturated carbocycles. The Morgan fingerprint density at radius 3 is 2.65 bits per heavy atom. The van der Waals surface area contributed by atoms with Crippen molar-refractivity contribution in [2.45, 2.75) is 39.2 Å². The summed E-state index contributed by atoms with van der Waals surface area (Å²) < 4.78 is 5.66. The van der Waals surface area contributed by atoms with Crippen molar-refractivity contribution in [2.24, 2.45) is 5.92 Å². The minimum absolute atomic E-state index is 0.537. The Balaban J connectivity index is 1.89. The van der Waals surface area contributed by atoms with Crippen LogP contribution in [0.3, 0.4) is 0 Å². The van der Waals surface area contributed by atoms with Crippen LogP contribution in [0.15, 0.2) is 24.3 Å². The van der Waals surface area contributed by atoms with Gasteiger partial charge in [0.05, 0.1) is 6.61 Å². The van der Waals surface area contributed by atoms with E-state index >= 15 is 0 Å². The predicted molar refractivity (Wildman–Crippen MR) is 71.4 cm³/mol. The maximum atomic E-state index is 5.66. The molecule has 0 aliphatic carbocycles. The van der Waals surface area contributed by atoms with Gasteiger partial charge in [-0.3, -0.25) is 0 Å². The van der Waals surface area contributed by atoms with E-state index in [9.17, 15) is 0 Å². The Morgan fingerprint density at radius 1 is 1.29 bits per heavy atom. The minimum Gasteiger partial charge on any atom is -0.494 e. The fourth-order valence-electron chi connectivity index (χ4n) is 2.30. The van der Waals surface area contributed by atoms with Crippen molar-refractivity contribution < 1.29 is 4.74 Å². The normalized spacial score (nSPS) is 23.9. The molecule has 1 N–H and O–H groups in total. The van der Waals surface area contributed by atoms with Crippen LogP contribution in [0.4, 0.5) is 0 Å². The molecule has 1 aromatic carbocycles. The van der Waals surface area contributed by atoms with E-state index in [2.05, 4.69) is 43.4 Å². The number of hydrogen-bond acceptors (Lipinski definition) is 2. The van der Waals surface area contributed by atoms with Crippen LogP contribution in [0.25, 0.3) is 0 Å². The van der Waals surface area contributed by atoms with Gasteiger partial charge in [-0.15, -0.1) is 0 Å². The summed E-state index contributed by atoms with van der Waals surface area (Å²) in [5, 5.41) is 3.55. The van der Waals surface area contributed by atoms with Gasteiger partial charge in [-0.2, -0.15) is 0 Å². The van der Waals surface area contributed by atoms with Crippen molar-refractivity contribution in [3.8, 4) is 5.75 Å². The smallest absolute Gasteiger partial charge is 0.119 e. The molecule has 17 heavy (non-hydrogen) atoms. The highest BCUT2D eigenvalue weighted by atomic mass is 16.5. The molecule has 0 amide bonds. The Kier molecular flexibility index (Phi) is 4.43. The number of ether oxygens (including phenoxy) is 1. The summed E-state index contributed by atoms with van der Waals surface area (Å²) in [6, 6.07) is 9.11. The van der Waals surface area contributed by atoms with E-state index in [4.69, 9.17) is 4.74 Å². The van der Waals surface area contributed by atoms with E-state index in [0.29, 0.717) is 6.04 Å². The molecule has 94 valence electrons. The first-order chi connectivity index (χ1) is 8.29. The molecular formula is C15H23NO. The maximum absolute atomic E-state index is 5.66. The number of rotatable bonds is 5. The molecule has 1 heterocycles. The van der Waals surface area contributed by atoms with Gasteiger partial charge < -0.3 is 10.1 Å². The molecule has 0 radical (unpaired) electrons. The number of benzene rings is 1. The number of hydrogen-bond donors (Lipinski definition) is 1. The van der Waals surface area contributed by atoms with E-state index in [1.54, 1.807) is 0 Å². The molecule has 2 atom stereocenters. The van der Waals surface area contributed by atoms with Crippen LogP contribution >= 0.6 is 0 Å². The predicted octanol–water partition coefficient (Wildman–Crippen LogP) is 3.54. The van der Waals surface area contributed by atoms with Gasteiger partial charge in [0, 0.05) is 6.04 Å². The van der Waals surface area contributed by atoms with Crippen LogP contribution in [0.5, 0.6) is 5.75 Å². The van der Waals surface area contributed by atoms with E-state index in [-0.39, 0.29) is 0 Å². The standard InChI is InChI=1S/C15H23NO/c1-3-4-9-17-14-7-5-13(6-8-14)15-10-12(2)11-16-15/h5-8,12,15-16H,3-4,9-11H2,1-2H3/t12-,15+/m0/s1. The zero-order valence-electron chi connectivity index (χ0n) is 10.9. The molecular weight excluding hydrogens is 210 g/mol. The first-order valence-electron chi connectivity index (χ1n) is 6.75. The third-order valence-electron chi connectivity index (χ3n) is 3.40. The quantitative estimate of drug-likeness (QED) is 0.785. The second kappa shape index (κ2) is 6.06. The minimum atomic E-state index is 0.537. The van der Waals surface area contributed by atoms with E-state index in [1.165, 1.54) is 18.4 Å². The van der Waals surface area contributed by atoms with E-state index < -0.39 is 0 Å². The summed E-state index contributed by atoms with van der Waals surface area (Å²) in [7, 11) is 0. The molecule has 0 spiro atoms. The monoisotopic (exact) mass is 233 g/mol. The zero-order valence-corrected chi connectivity index (χ0v) is 10.9. The lowest BCUT2D eigenvalue weighted by Crippen LogP contribution is -2.13.